The van der Waals surface area contributed by atoms with Crippen molar-refractivity contribution in [2.45, 2.75) is 11.8 Å². The number of rotatable bonds is 3. The van der Waals surface area contributed by atoms with Gasteiger partial charge in [-0.05, 0) is 19.1 Å². The average Bonchev–Trinajstić information content (AvgIpc) is 2.04. The Bertz CT molecular complexity index is 205. The lowest BCUT2D eigenvalue weighted by atomic mass is 10.2. The first-order valence-electron chi connectivity index (χ1n) is 3.58. The molecule has 0 fully saturated rings. The molecule has 0 aliphatic carbocycles. The summed E-state index contributed by atoms with van der Waals surface area (Å²) in [5.41, 5.74) is 1.33. The van der Waals surface area contributed by atoms with Crippen LogP contribution in [0.25, 0.3) is 0 Å². The number of halogens is 1. The highest BCUT2D eigenvalue weighted by molar-refractivity contribution is 9.09. The zero-order valence-electron chi connectivity index (χ0n) is 6.51. The van der Waals surface area contributed by atoms with Gasteiger partial charge in [-0.1, -0.05) is 33.6 Å². The van der Waals surface area contributed by atoms with Gasteiger partial charge in [-0.15, -0.1) is 11.8 Å². The first-order chi connectivity index (χ1) is 5.33. The molecule has 1 aromatic rings. The Morgan fingerprint density at radius 2 is 1.91 bits per heavy atom. The number of benzene rings is 1. The Morgan fingerprint density at radius 1 is 1.27 bits per heavy atom. The molecule has 0 unspecified atom stereocenters. The smallest absolute Gasteiger partial charge is 0.0126 e. The molecule has 0 nitrogen and oxygen atoms in total. The summed E-state index contributed by atoms with van der Waals surface area (Å²) in [6.07, 6.45) is 0. The molecule has 60 valence electrons. The Labute approximate surface area is 80.5 Å². The second kappa shape index (κ2) is 4.83. The van der Waals surface area contributed by atoms with Crippen molar-refractivity contribution in [2.24, 2.45) is 0 Å². The number of thioether (sulfide) groups is 1. The molecule has 0 aromatic heterocycles. The fourth-order valence-corrected chi connectivity index (χ4v) is 1.92. The topological polar surface area (TPSA) is 0 Å². The summed E-state index contributed by atoms with van der Waals surface area (Å²) in [6.45, 7) is 2.11. The van der Waals surface area contributed by atoms with Crippen molar-refractivity contribution in [1.82, 2.24) is 0 Å². The Kier molecular flexibility index (Phi) is 4.02. The molecule has 1 aromatic carbocycles. The first-order valence-corrected chi connectivity index (χ1v) is 5.69. The van der Waals surface area contributed by atoms with Crippen molar-refractivity contribution in [2.75, 3.05) is 11.1 Å². The minimum absolute atomic E-state index is 1.06. The van der Waals surface area contributed by atoms with Crippen LogP contribution in [-0.2, 0) is 0 Å². The molecule has 1 rings (SSSR count). The number of alkyl halides is 1. The van der Waals surface area contributed by atoms with Crippen LogP contribution in [0.4, 0.5) is 0 Å². The third kappa shape index (κ3) is 3.30. The fraction of sp³-hybridized carbons (Fsp3) is 0.333. The van der Waals surface area contributed by atoms with Crippen molar-refractivity contribution >= 4 is 27.7 Å². The van der Waals surface area contributed by atoms with Crippen LogP contribution >= 0.6 is 27.7 Å². The van der Waals surface area contributed by atoms with E-state index in [2.05, 4.69) is 47.1 Å². The summed E-state index contributed by atoms with van der Waals surface area (Å²) >= 11 is 5.28. The molecule has 0 atom stereocenters. The van der Waals surface area contributed by atoms with Gasteiger partial charge in [0, 0.05) is 16.0 Å². The average molecular weight is 231 g/mol. The van der Waals surface area contributed by atoms with Crippen molar-refractivity contribution in [3.8, 4) is 0 Å². The van der Waals surface area contributed by atoms with Crippen LogP contribution in [0.2, 0.25) is 0 Å². The predicted octanol–water partition coefficient (Wildman–Crippen LogP) is 3.48. The molecule has 0 aliphatic rings. The predicted molar refractivity (Wildman–Crippen MR) is 55.7 cm³/mol. The first kappa shape index (κ1) is 9.14. The van der Waals surface area contributed by atoms with E-state index in [-0.39, 0.29) is 0 Å². The Balaban J connectivity index is 2.52. The third-order valence-corrected chi connectivity index (χ3v) is 3.30. The number of hydrogen-bond donors (Lipinski definition) is 0. The molecule has 0 saturated carbocycles. The van der Waals surface area contributed by atoms with Crippen molar-refractivity contribution in [3.63, 3.8) is 0 Å². The monoisotopic (exact) mass is 230 g/mol. The molecule has 0 aliphatic heterocycles. The van der Waals surface area contributed by atoms with Gasteiger partial charge in [0.1, 0.15) is 0 Å². The summed E-state index contributed by atoms with van der Waals surface area (Å²) < 4.78 is 0. The maximum Gasteiger partial charge on any atom is 0.0126 e. The van der Waals surface area contributed by atoms with Gasteiger partial charge in [0.2, 0.25) is 0 Å². The van der Waals surface area contributed by atoms with Crippen molar-refractivity contribution in [3.05, 3.63) is 29.8 Å². The van der Waals surface area contributed by atoms with Crippen LogP contribution in [0.5, 0.6) is 0 Å². The minimum atomic E-state index is 1.06. The van der Waals surface area contributed by atoms with E-state index < -0.39 is 0 Å². The molecule has 0 heterocycles. The van der Waals surface area contributed by atoms with E-state index in [1.165, 1.54) is 10.5 Å². The van der Waals surface area contributed by atoms with Gasteiger partial charge in [0.05, 0.1) is 0 Å². The lowest BCUT2D eigenvalue weighted by Crippen LogP contribution is -1.78. The van der Waals surface area contributed by atoms with Gasteiger partial charge in [0.25, 0.3) is 0 Å². The van der Waals surface area contributed by atoms with E-state index in [9.17, 15) is 0 Å². The molecule has 0 amide bonds. The van der Waals surface area contributed by atoms with Crippen molar-refractivity contribution < 1.29 is 0 Å². The molecule has 0 bridgehead atoms. The number of aryl methyl sites for hydroxylation is 1. The molecule has 0 N–H and O–H groups in total. The standard InChI is InChI=1S/C9H11BrS/c1-8-2-4-9(5-3-8)11-7-6-10/h2-5H,6-7H2,1H3. The van der Waals surface area contributed by atoms with Gasteiger partial charge >= 0.3 is 0 Å². The maximum atomic E-state index is 3.40. The second-order valence-electron chi connectivity index (χ2n) is 2.35. The minimum Gasteiger partial charge on any atom is -0.125 e. The van der Waals surface area contributed by atoms with Crippen LogP contribution in [0.3, 0.4) is 0 Å². The Hall–Kier alpha value is 0.0500. The summed E-state index contributed by atoms with van der Waals surface area (Å²) in [6, 6.07) is 8.64. The van der Waals surface area contributed by atoms with E-state index in [1.807, 2.05) is 11.8 Å². The van der Waals surface area contributed by atoms with E-state index >= 15 is 0 Å². The zero-order valence-corrected chi connectivity index (χ0v) is 8.91. The highest BCUT2D eigenvalue weighted by Gasteiger charge is 1.90. The van der Waals surface area contributed by atoms with E-state index in [4.69, 9.17) is 0 Å². The largest absolute Gasteiger partial charge is 0.125 e. The Morgan fingerprint density at radius 3 is 2.45 bits per heavy atom. The molecule has 0 spiro atoms. The normalized spacial score (nSPS) is 10.0. The molecule has 2 heteroatoms. The fourth-order valence-electron chi connectivity index (χ4n) is 0.791. The SMILES string of the molecule is Cc1ccc(SCCBr)cc1. The lowest BCUT2D eigenvalue weighted by molar-refractivity contribution is 1.37. The van der Waals surface area contributed by atoms with Gasteiger partial charge < -0.3 is 0 Å². The maximum absolute atomic E-state index is 3.40. The van der Waals surface area contributed by atoms with Crippen molar-refractivity contribution in [1.29, 1.82) is 0 Å². The molecule has 11 heavy (non-hydrogen) atoms. The van der Waals surface area contributed by atoms with Crippen LogP contribution in [0, 0.1) is 6.92 Å². The summed E-state index contributed by atoms with van der Waals surface area (Å²) in [7, 11) is 0. The van der Waals surface area contributed by atoms with Gasteiger partial charge in [-0.3, -0.25) is 0 Å². The molecule has 0 radical (unpaired) electrons. The van der Waals surface area contributed by atoms with E-state index in [0.29, 0.717) is 0 Å². The molecule has 0 saturated heterocycles. The van der Waals surface area contributed by atoms with Gasteiger partial charge in [-0.2, -0.15) is 0 Å². The van der Waals surface area contributed by atoms with Crippen LogP contribution in [-0.4, -0.2) is 11.1 Å². The second-order valence-corrected chi connectivity index (χ2v) is 4.31. The van der Waals surface area contributed by atoms with E-state index in [0.717, 1.165) is 11.1 Å². The molecular formula is C9H11BrS. The highest BCUT2D eigenvalue weighted by Crippen LogP contribution is 2.18. The highest BCUT2D eigenvalue weighted by atomic mass is 79.9. The quantitative estimate of drug-likeness (QED) is 0.566. The lowest BCUT2D eigenvalue weighted by Gasteiger charge is -1.98. The third-order valence-electron chi connectivity index (χ3n) is 1.37. The van der Waals surface area contributed by atoms with Gasteiger partial charge in [0.15, 0.2) is 0 Å². The van der Waals surface area contributed by atoms with Crippen LogP contribution in [0.15, 0.2) is 29.2 Å². The summed E-state index contributed by atoms with van der Waals surface area (Å²) in [5, 5.41) is 1.06. The number of hydrogen-bond acceptors (Lipinski definition) is 1. The molecular weight excluding hydrogens is 220 g/mol. The van der Waals surface area contributed by atoms with Crippen LogP contribution < -0.4 is 0 Å². The van der Waals surface area contributed by atoms with Gasteiger partial charge in [-0.25, -0.2) is 0 Å². The summed E-state index contributed by atoms with van der Waals surface area (Å²) in [5.74, 6) is 1.14. The summed E-state index contributed by atoms with van der Waals surface area (Å²) in [4.78, 5) is 1.36. The van der Waals surface area contributed by atoms with Crippen LogP contribution in [0.1, 0.15) is 5.56 Å². The van der Waals surface area contributed by atoms with E-state index in [1.54, 1.807) is 0 Å². The zero-order chi connectivity index (χ0) is 8.10.